The topological polar surface area (TPSA) is 68.9 Å². The lowest BCUT2D eigenvalue weighted by molar-refractivity contribution is -0.274. The van der Waals surface area contributed by atoms with Crippen LogP contribution in [0, 0.1) is 0 Å². The number of guanidine groups is 1. The van der Waals surface area contributed by atoms with E-state index in [0.717, 1.165) is 0 Å². The number of halogens is 3. The van der Waals surface area contributed by atoms with Crippen LogP contribution in [0.4, 0.5) is 18.9 Å². The number of methoxy groups -OCH3 is 1. The summed E-state index contributed by atoms with van der Waals surface area (Å²) in [6, 6.07) is 13.1. The predicted octanol–water partition coefficient (Wildman–Crippen LogP) is 3.88. The Hall–Kier alpha value is -2.90. The normalized spacial score (nSPS) is 19.8. The Morgan fingerprint density at radius 2 is 1.96 bits per heavy atom. The number of aliphatic imine (C=N–C) groups is 1. The van der Waals surface area contributed by atoms with Gasteiger partial charge in [0.2, 0.25) is 0 Å². The van der Waals surface area contributed by atoms with Crippen molar-refractivity contribution in [2.75, 3.05) is 12.4 Å². The molecule has 0 spiro atoms. The van der Waals surface area contributed by atoms with E-state index in [1.807, 2.05) is 6.07 Å². The number of hydrogen-bond acceptors (Lipinski definition) is 3. The highest BCUT2D eigenvalue weighted by Crippen LogP contribution is 2.47. The fourth-order valence-electron chi connectivity index (χ4n) is 2.72. The maximum Gasteiger partial charge on any atom is 0.573 e. The van der Waals surface area contributed by atoms with Crippen LogP contribution in [0.1, 0.15) is 17.9 Å². The van der Waals surface area contributed by atoms with Crippen LogP contribution in [0.2, 0.25) is 0 Å². The number of benzene rings is 2. The average molecular weight is 365 g/mol. The van der Waals surface area contributed by atoms with Gasteiger partial charge in [0, 0.05) is 17.7 Å². The van der Waals surface area contributed by atoms with Gasteiger partial charge in [-0.05, 0) is 30.2 Å². The quantitative estimate of drug-likeness (QED) is 0.623. The summed E-state index contributed by atoms with van der Waals surface area (Å²) in [5, 5.41) is 2.95. The van der Waals surface area contributed by atoms with E-state index < -0.39 is 6.36 Å². The first kappa shape index (κ1) is 17.9. The molecule has 0 heterocycles. The highest BCUT2D eigenvalue weighted by atomic mass is 19.4. The summed E-state index contributed by atoms with van der Waals surface area (Å²) >= 11 is 0. The standard InChI is InChI=1S/C18H18F3N3O2/c1-25-12-6-4-5-11(9-12)23-17(22)24-15-10-14(15)13-7-2-3-8-16(13)26-18(19,20)21/h2-9,14-15H,10H2,1H3,(H3,22,23,24). The molecule has 0 aromatic heterocycles. The van der Waals surface area contributed by atoms with Gasteiger partial charge in [-0.15, -0.1) is 13.2 Å². The van der Waals surface area contributed by atoms with Crippen LogP contribution < -0.4 is 20.5 Å². The molecule has 3 N–H and O–H groups in total. The molecule has 1 fully saturated rings. The Morgan fingerprint density at radius 3 is 2.69 bits per heavy atom. The van der Waals surface area contributed by atoms with Gasteiger partial charge in [0.05, 0.1) is 13.2 Å². The number of hydrogen-bond donors (Lipinski definition) is 2. The van der Waals surface area contributed by atoms with Crippen molar-refractivity contribution in [1.29, 1.82) is 0 Å². The molecule has 2 aromatic carbocycles. The van der Waals surface area contributed by atoms with Gasteiger partial charge in [0.1, 0.15) is 11.5 Å². The third-order valence-electron chi connectivity index (χ3n) is 3.95. The van der Waals surface area contributed by atoms with Crippen molar-refractivity contribution in [2.45, 2.75) is 24.7 Å². The first-order valence-electron chi connectivity index (χ1n) is 7.95. The van der Waals surface area contributed by atoms with Gasteiger partial charge in [0.15, 0.2) is 5.96 Å². The van der Waals surface area contributed by atoms with E-state index in [0.29, 0.717) is 23.4 Å². The lowest BCUT2D eigenvalue weighted by Gasteiger charge is -2.12. The minimum Gasteiger partial charge on any atom is -0.497 e. The van der Waals surface area contributed by atoms with Crippen molar-refractivity contribution < 1.29 is 22.6 Å². The van der Waals surface area contributed by atoms with Crippen LogP contribution in [0.3, 0.4) is 0 Å². The van der Waals surface area contributed by atoms with E-state index in [2.05, 4.69) is 15.0 Å². The number of nitrogens with one attached hydrogen (secondary N) is 1. The van der Waals surface area contributed by atoms with Gasteiger partial charge in [-0.2, -0.15) is 0 Å². The average Bonchev–Trinajstić information content (AvgIpc) is 3.32. The molecule has 26 heavy (non-hydrogen) atoms. The molecular formula is C18H18F3N3O2. The predicted molar refractivity (Wildman–Crippen MR) is 92.5 cm³/mol. The van der Waals surface area contributed by atoms with E-state index in [9.17, 15) is 13.2 Å². The molecule has 1 saturated carbocycles. The van der Waals surface area contributed by atoms with Crippen LogP contribution in [0.5, 0.6) is 11.5 Å². The SMILES string of the molecule is COc1cccc(NC(N)=NC2CC2c2ccccc2OC(F)(F)F)c1. The number of anilines is 1. The van der Waals surface area contributed by atoms with E-state index in [1.54, 1.807) is 37.4 Å². The number of nitrogens with two attached hydrogens (primary N) is 1. The summed E-state index contributed by atoms with van der Waals surface area (Å²) in [5.41, 5.74) is 7.10. The number of para-hydroxylation sites is 1. The second-order valence-electron chi connectivity index (χ2n) is 5.87. The molecule has 138 valence electrons. The molecule has 3 rings (SSSR count). The van der Waals surface area contributed by atoms with Crippen molar-refractivity contribution in [2.24, 2.45) is 10.7 Å². The van der Waals surface area contributed by atoms with E-state index in [-0.39, 0.29) is 23.7 Å². The molecule has 0 amide bonds. The fourth-order valence-corrected chi connectivity index (χ4v) is 2.72. The molecule has 0 radical (unpaired) electrons. The molecular weight excluding hydrogens is 347 g/mol. The lowest BCUT2D eigenvalue weighted by Crippen LogP contribution is -2.23. The van der Waals surface area contributed by atoms with Crippen molar-refractivity contribution >= 4 is 11.6 Å². The molecule has 8 heteroatoms. The summed E-state index contributed by atoms with van der Waals surface area (Å²) < 4.78 is 46.8. The highest BCUT2D eigenvalue weighted by molar-refractivity contribution is 5.92. The number of nitrogens with zero attached hydrogens (tertiary/aromatic N) is 1. The molecule has 2 unspecified atom stereocenters. The molecule has 1 aliphatic carbocycles. The zero-order valence-electron chi connectivity index (χ0n) is 14.0. The Bertz CT molecular complexity index is 808. The lowest BCUT2D eigenvalue weighted by atomic mass is 10.1. The summed E-state index contributed by atoms with van der Waals surface area (Å²) in [6.45, 7) is 0. The second-order valence-corrected chi connectivity index (χ2v) is 5.87. The van der Waals surface area contributed by atoms with Crippen LogP contribution >= 0.6 is 0 Å². The molecule has 5 nitrogen and oxygen atoms in total. The first-order valence-corrected chi connectivity index (χ1v) is 7.95. The van der Waals surface area contributed by atoms with E-state index in [4.69, 9.17) is 10.5 Å². The van der Waals surface area contributed by atoms with Crippen molar-refractivity contribution in [3.05, 3.63) is 54.1 Å². The Balaban J connectivity index is 1.68. The van der Waals surface area contributed by atoms with Crippen LogP contribution in [0.15, 0.2) is 53.5 Å². The molecule has 1 aliphatic rings. The Morgan fingerprint density at radius 1 is 1.19 bits per heavy atom. The Kier molecular flexibility index (Phi) is 4.92. The second kappa shape index (κ2) is 7.15. The van der Waals surface area contributed by atoms with Gasteiger partial charge in [-0.3, -0.25) is 0 Å². The summed E-state index contributed by atoms with van der Waals surface area (Å²) in [5.74, 6) is 0.520. The van der Waals surface area contributed by atoms with Crippen LogP contribution in [-0.2, 0) is 0 Å². The number of ether oxygens (including phenoxy) is 2. The zero-order chi connectivity index (χ0) is 18.7. The third kappa shape index (κ3) is 4.59. The van der Waals surface area contributed by atoms with Gasteiger partial charge < -0.3 is 20.5 Å². The van der Waals surface area contributed by atoms with E-state index in [1.165, 1.54) is 12.1 Å². The monoisotopic (exact) mass is 365 g/mol. The van der Waals surface area contributed by atoms with Gasteiger partial charge in [0.25, 0.3) is 0 Å². The summed E-state index contributed by atoms with van der Waals surface area (Å²) in [4.78, 5) is 4.34. The molecule has 2 aromatic rings. The van der Waals surface area contributed by atoms with Gasteiger partial charge in [-0.1, -0.05) is 24.3 Å². The maximum atomic E-state index is 12.5. The van der Waals surface area contributed by atoms with Crippen molar-refractivity contribution in [3.63, 3.8) is 0 Å². The molecule has 0 bridgehead atoms. The Labute approximate surface area is 148 Å². The number of alkyl halides is 3. The minimum absolute atomic E-state index is 0.154. The van der Waals surface area contributed by atoms with Crippen LogP contribution in [-0.4, -0.2) is 25.5 Å². The van der Waals surface area contributed by atoms with Crippen molar-refractivity contribution in [1.82, 2.24) is 0 Å². The minimum atomic E-state index is -4.73. The number of rotatable bonds is 5. The smallest absolute Gasteiger partial charge is 0.497 e. The largest absolute Gasteiger partial charge is 0.573 e. The maximum absolute atomic E-state index is 12.5. The molecule has 0 aliphatic heterocycles. The summed E-state index contributed by atoms with van der Waals surface area (Å²) in [7, 11) is 1.56. The first-order chi connectivity index (χ1) is 12.4. The fraction of sp³-hybridized carbons (Fsp3) is 0.278. The molecule has 0 saturated heterocycles. The van der Waals surface area contributed by atoms with Gasteiger partial charge >= 0.3 is 6.36 Å². The highest BCUT2D eigenvalue weighted by Gasteiger charge is 2.42. The van der Waals surface area contributed by atoms with Crippen LogP contribution in [0.25, 0.3) is 0 Å². The molecule has 2 atom stereocenters. The van der Waals surface area contributed by atoms with Crippen molar-refractivity contribution in [3.8, 4) is 11.5 Å². The summed E-state index contributed by atoms with van der Waals surface area (Å²) in [6.07, 6.45) is -4.12. The van der Waals surface area contributed by atoms with E-state index >= 15 is 0 Å². The zero-order valence-corrected chi connectivity index (χ0v) is 14.0. The van der Waals surface area contributed by atoms with Gasteiger partial charge in [-0.25, -0.2) is 4.99 Å². The third-order valence-corrected chi connectivity index (χ3v) is 3.95.